The lowest BCUT2D eigenvalue weighted by Gasteiger charge is -2.41. The lowest BCUT2D eigenvalue weighted by atomic mass is 10.1. The van der Waals surface area contributed by atoms with Gasteiger partial charge in [-0.3, -0.25) is 9.80 Å². The normalized spacial score (nSPS) is 19.4. The van der Waals surface area contributed by atoms with Crippen LogP contribution < -0.4 is 0 Å². The maximum atomic E-state index is 9.54. The van der Waals surface area contributed by atoms with Crippen LogP contribution in [0.25, 0.3) is 10.9 Å². The molecule has 1 aromatic carbocycles. The molecule has 1 saturated heterocycles. The summed E-state index contributed by atoms with van der Waals surface area (Å²) in [5.41, 5.74) is 4.09. The zero-order chi connectivity index (χ0) is 17.9. The topological polar surface area (TPSA) is 31.6 Å². The minimum Gasteiger partial charge on any atom is -0.396 e. The summed E-state index contributed by atoms with van der Waals surface area (Å²) in [7, 11) is 2.12. The third-order valence-electron chi connectivity index (χ3n) is 5.49. The molecule has 1 fully saturated rings. The van der Waals surface area contributed by atoms with Gasteiger partial charge < -0.3 is 9.67 Å². The van der Waals surface area contributed by atoms with E-state index in [-0.39, 0.29) is 6.61 Å². The maximum absolute atomic E-state index is 9.54. The van der Waals surface area contributed by atoms with Crippen LogP contribution in [0, 0.1) is 0 Å². The second-order valence-electron chi connectivity index (χ2n) is 7.29. The molecule has 1 N–H and O–H groups in total. The number of piperazine rings is 1. The van der Waals surface area contributed by atoms with Crippen molar-refractivity contribution in [3.63, 3.8) is 0 Å². The molecule has 0 unspecified atom stereocenters. The molecule has 3 aromatic rings. The summed E-state index contributed by atoms with van der Waals surface area (Å²) in [6.45, 7) is 5.40. The Morgan fingerprint density at radius 1 is 1.15 bits per heavy atom. The highest BCUT2D eigenvalue weighted by Crippen LogP contribution is 2.24. The first kappa shape index (κ1) is 17.7. The van der Waals surface area contributed by atoms with Crippen molar-refractivity contribution in [2.24, 2.45) is 7.05 Å². The number of rotatable bonds is 6. The smallest absolute Gasteiger partial charge is 0.0481 e. The summed E-state index contributed by atoms with van der Waals surface area (Å²) in [5, 5.41) is 15.3. The number of benzene rings is 1. The zero-order valence-electron chi connectivity index (χ0n) is 15.3. The van der Waals surface area contributed by atoms with E-state index in [4.69, 9.17) is 0 Å². The Bertz CT molecular complexity index is 842. The first-order valence-corrected chi connectivity index (χ1v) is 10.3. The predicted octanol–water partition coefficient (Wildman–Crippen LogP) is 3.31. The fourth-order valence-electron chi connectivity index (χ4n) is 4.14. The van der Waals surface area contributed by atoms with Crippen molar-refractivity contribution in [3.05, 3.63) is 58.4 Å². The lowest BCUT2D eigenvalue weighted by molar-refractivity contribution is 0.0502. The van der Waals surface area contributed by atoms with Crippen molar-refractivity contribution in [2.45, 2.75) is 25.6 Å². The average molecular weight is 370 g/mol. The molecule has 0 radical (unpaired) electrons. The number of para-hydroxylation sites is 1. The Morgan fingerprint density at radius 3 is 2.85 bits per heavy atom. The van der Waals surface area contributed by atoms with Crippen LogP contribution in [0.4, 0.5) is 0 Å². The fourth-order valence-corrected chi connectivity index (χ4v) is 4.80. The molecule has 1 aliphatic heterocycles. The van der Waals surface area contributed by atoms with Crippen LogP contribution in [0.15, 0.2) is 47.3 Å². The Hall–Kier alpha value is -1.66. The number of hydrogen-bond acceptors (Lipinski definition) is 4. The van der Waals surface area contributed by atoms with Gasteiger partial charge in [0.2, 0.25) is 0 Å². The van der Waals surface area contributed by atoms with Crippen molar-refractivity contribution in [1.82, 2.24) is 14.4 Å². The number of fused-ring (bicyclic) bond motifs is 1. The fraction of sp³-hybridized carbons (Fsp3) is 0.429. The first-order chi connectivity index (χ1) is 12.7. The molecule has 0 bridgehead atoms. The Balaban J connectivity index is 1.46. The van der Waals surface area contributed by atoms with Crippen molar-refractivity contribution in [3.8, 4) is 0 Å². The van der Waals surface area contributed by atoms with E-state index < -0.39 is 0 Å². The molecule has 138 valence electrons. The van der Waals surface area contributed by atoms with Gasteiger partial charge in [-0.1, -0.05) is 18.2 Å². The number of aryl methyl sites for hydroxylation is 1. The SMILES string of the molecule is Cn1cc(CN2CCN(Cc3ccsc3)[C@H](CCO)C2)c2ccccc21. The van der Waals surface area contributed by atoms with Gasteiger partial charge in [-0.2, -0.15) is 11.3 Å². The molecule has 3 heterocycles. The lowest BCUT2D eigenvalue weighted by Crippen LogP contribution is -2.52. The second-order valence-corrected chi connectivity index (χ2v) is 8.07. The quantitative estimate of drug-likeness (QED) is 0.723. The van der Waals surface area contributed by atoms with Gasteiger partial charge in [0.1, 0.15) is 0 Å². The molecule has 0 spiro atoms. The molecule has 0 saturated carbocycles. The standard InChI is InChI=1S/C21H27N3OS/c1-22-13-18(20-4-2-3-5-21(20)22)14-23-8-9-24(19(15-23)6-10-25)12-17-7-11-26-16-17/h2-5,7,11,13,16,19,25H,6,8-10,12,14-15H2,1H3/t19-/m1/s1. The summed E-state index contributed by atoms with van der Waals surface area (Å²) < 4.78 is 2.22. The van der Waals surface area contributed by atoms with E-state index in [0.29, 0.717) is 6.04 Å². The van der Waals surface area contributed by atoms with Crippen LogP contribution in [0.1, 0.15) is 17.5 Å². The van der Waals surface area contributed by atoms with Gasteiger partial charge >= 0.3 is 0 Å². The molecule has 0 amide bonds. The molecule has 4 nitrogen and oxygen atoms in total. The molecule has 0 aliphatic carbocycles. The van der Waals surface area contributed by atoms with Crippen molar-refractivity contribution >= 4 is 22.2 Å². The third kappa shape index (κ3) is 3.71. The van der Waals surface area contributed by atoms with E-state index in [0.717, 1.165) is 39.1 Å². The van der Waals surface area contributed by atoms with E-state index >= 15 is 0 Å². The van der Waals surface area contributed by atoms with Crippen LogP contribution in [0.2, 0.25) is 0 Å². The van der Waals surface area contributed by atoms with Gasteiger partial charge in [-0.15, -0.1) is 0 Å². The minimum absolute atomic E-state index is 0.257. The van der Waals surface area contributed by atoms with Gasteiger partial charge in [-0.05, 0) is 40.4 Å². The summed E-state index contributed by atoms with van der Waals surface area (Å²) in [6.07, 6.45) is 3.11. The largest absolute Gasteiger partial charge is 0.396 e. The predicted molar refractivity (Wildman–Crippen MR) is 108 cm³/mol. The van der Waals surface area contributed by atoms with E-state index in [1.807, 2.05) is 0 Å². The monoisotopic (exact) mass is 369 g/mol. The van der Waals surface area contributed by atoms with Crippen LogP contribution in [0.5, 0.6) is 0 Å². The Labute approximate surface area is 159 Å². The summed E-state index contributed by atoms with van der Waals surface area (Å²) in [5.74, 6) is 0. The second kappa shape index (κ2) is 7.92. The number of hydrogen-bond donors (Lipinski definition) is 1. The highest BCUT2D eigenvalue weighted by molar-refractivity contribution is 7.07. The van der Waals surface area contributed by atoms with Crippen LogP contribution in [-0.2, 0) is 20.1 Å². The highest BCUT2D eigenvalue weighted by atomic mass is 32.1. The minimum atomic E-state index is 0.257. The van der Waals surface area contributed by atoms with Crippen molar-refractivity contribution in [1.29, 1.82) is 0 Å². The summed E-state index contributed by atoms with van der Waals surface area (Å²) in [6, 6.07) is 11.3. The number of aromatic nitrogens is 1. The van der Waals surface area contributed by atoms with E-state index in [1.165, 1.54) is 22.0 Å². The molecule has 1 atom stereocenters. The van der Waals surface area contributed by atoms with Gasteiger partial charge in [-0.25, -0.2) is 0 Å². The van der Waals surface area contributed by atoms with Crippen molar-refractivity contribution < 1.29 is 5.11 Å². The number of thiophene rings is 1. The van der Waals surface area contributed by atoms with E-state index in [1.54, 1.807) is 11.3 Å². The number of aliphatic hydroxyl groups is 1. The molecule has 2 aromatic heterocycles. The summed E-state index contributed by atoms with van der Waals surface area (Å²) >= 11 is 1.76. The molecular weight excluding hydrogens is 342 g/mol. The molecule has 26 heavy (non-hydrogen) atoms. The van der Waals surface area contributed by atoms with Crippen LogP contribution in [0.3, 0.4) is 0 Å². The third-order valence-corrected chi connectivity index (χ3v) is 6.22. The van der Waals surface area contributed by atoms with Gasteiger partial charge in [0, 0.05) is 69.5 Å². The molecule has 5 heteroatoms. The molecule has 1 aliphatic rings. The van der Waals surface area contributed by atoms with Gasteiger partial charge in [0.15, 0.2) is 0 Å². The van der Waals surface area contributed by atoms with Crippen LogP contribution >= 0.6 is 11.3 Å². The first-order valence-electron chi connectivity index (χ1n) is 9.36. The van der Waals surface area contributed by atoms with Gasteiger partial charge in [0.25, 0.3) is 0 Å². The summed E-state index contributed by atoms with van der Waals surface area (Å²) in [4.78, 5) is 5.09. The Kier molecular flexibility index (Phi) is 5.41. The number of nitrogens with zero attached hydrogens (tertiary/aromatic N) is 3. The van der Waals surface area contributed by atoms with E-state index in [2.05, 4.69) is 68.7 Å². The van der Waals surface area contributed by atoms with Gasteiger partial charge in [0.05, 0.1) is 0 Å². The number of aliphatic hydroxyl groups excluding tert-OH is 1. The van der Waals surface area contributed by atoms with Crippen LogP contribution in [-0.4, -0.2) is 51.8 Å². The van der Waals surface area contributed by atoms with E-state index in [9.17, 15) is 5.11 Å². The van der Waals surface area contributed by atoms with Crippen molar-refractivity contribution in [2.75, 3.05) is 26.2 Å². The Morgan fingerprint density at radius 2 is 2.04 bits per heavy atom. The maximum Gasteiger partial charge on any atom is 0.0481 e. The molecular formula is C21H27N3OS. The highest BCUT2D eigenvalue weighted by Gasteiger charge is 2.27. The average Bonchev–Trinajstić information content (AvgIpc) is 3.26. The zero-order valence-corrected chi connectivity index (χ0v) is 16.2. The molecule has 4 rings (SSSR count).